The number of alkyl halides is 1. The Bertz CT molecular complexity index is 4570. The van der Waals surface area contributed by atoms with Crippen LogP contribution in [0.4, 0.5) is 4.39 Å². The molecule has 0 radical (unpaired) electrons. The minimum Gasteiger partial charge on any atom is -0.495 e. The van der Waals surface area contributed by atoms with Gasteiger partial charge in [-0.05, 0) is 125 Å². The average molecular weight is 1650 g/mol. The quantitative estimate of drug-likeness (QED) is 0.0180. The van der Waals surface area contributed by atoms with Crippen molar-refractivity contribution in [1.82, 2.24) is 51.5 Å². The zero-order valence-corrected chi connectivity index (χ0v) is 66.7. The van der Waals surface area contributed by atoms with E-state index in [1.807, 2.05) is 34.6 Å². The van der Waals surface area contributed by atoms with Crippen molar-refractivity contribution >= 4 is 87.5 Å². The molecule has 36 heteroatoms. The van der Waals surface area contributed by atoms with Gasteiger partial charge in [0.15, 0.2) is 95.5 Å². The Labute approximate surface area is 670 Å². The van der Waals surface area contributed by atoms with Crippen LogP contribution in [0.1, 0.15) is 93.5 Å². The number of benzene rings is 5. The van der Waals surface area contributed by atoms with Gasteiger partial charge in [0.05, 0.1) is 107 Å². The molecule has 0 aliphatic heterocycles. The van der Waals surface area contributed by atoms with Crippen LogP contribution in [0, 0.1) is 0 Å². The smallest absolute Gasteiger partial charge is 0.276 e. The molecule has 10 rings (SSSR count). The van der Waals surface area contributed by atoms with Gasteiger partial charge in [-0.25, -0.2) is 29.3 Å². The third kappa shape index (κ3) is 27.6. The summed E-state index contributed by atoms with van der Waals surface area (Å²) in [6.07, 6.45) is 5.20. The molecule has 5 aromatic heterocycles. The lowest BCUT2D eigenvalue weighted by Crippen LogP contribution is -2.35. The Morgan fingerprint density at radius 3 is 0.893 bits per heavy atom. The molecule has 0 spiro atoms. The van der Waals surface area contributed by atoms with Crippen LogP contribution in [0.5, 0.6) is 28.7 Å². The van der Waals surface area contributed by atoms with Crippen LogP contribution in [0.25, 0.3) is 56.6 Å². The summed E-state index contributed by atoms with van der Waals surface area (Å²) in [5, 5.41) is 15.2. The van der Waals surface area contributed by atoms with Gasteiger partial charge in [0, 0.05) is 73.8 Å². The number of hydrogen-bond acceptors (Lipinski definition) is 25. The fourth-order valence-electron chi connectivity index (χ4n) is 9.52. The second-order valence-corrected chi connectivity index (χ2v) is 24.3. The van der Waals surface area contributed by atoms with Gasteiger partial charge in [0.2, 0.25) is 0 Å². The molecule has 0 fully saturated rings. The zero-order valence-electron chi connectivity index (χ0n) is 62.9. The SMILES string of the molecule is CCCN[11C](=O)c1ncoc1-c1ccc(OC)c(Cl)c1.CCN[11C](=O)c1ncoc1-c1ccc(OC)c(Cl)c1.CCOCCN[11C](=O)c1ncoc1-c1ccc(OC)c(Cl)c1.CCOCCOCC([18F])NC(=O)c1ncoc1-c1ccc(OC)c(Cl)c1.CCOCCOCCN[11C](=O)c1ncoc1-c1ccc(OC)c(Cl)c1. The highest BCUT2D eigenvalue weighted by atomic mass is 35.5. The Kier molecular flexibility index (Phi) is 39.7. The standard InChI is InChI=1S/C17H20ClFN2O5.C17H21ClN2O5.C15H17ClN2O4.C14H15ClN2O3.C13H13ClN2O3/c1-3-24-6-7-25-9-14(19)21-17(22)15-16(26-10-20-15)11-4-5-13(23-2)12(18)8-11;1-3-23-8-9-24-7-6-19-17(21)15-16(25-11-20-15)12-4-5-14(22-2)13(18)10-12;1-3-21-7-6-17-15(19)13-14(22-9-18-13)10-4-5-12(20-2)11(16)8-10;1-3-6-16-14(18)12-13(20-8-17-12)9-4-5-11(19-2)10(15)7-9;1-3-15-13(17)11-12(19-7-16-11)8-4-5-10(18-2)9(14)6-8/h4-5,8,10,14H,3,6-7,9H2,1-2H3,(H,21,22);4-5,10-11H,3,6-9H2,1-2H3,(H,19,21);4-5,8-9H,3,6-7H2,1-2H3,(H,17,19);4-5,7-8H,3,6H2,1-2H3,(H,16,18);4-7H,3H2,1-2H3,(H,15,17)/i19-1;17-1;15-1;14-1;13-1. The second kappa shape index (κ2) is 49.1. The van der Waals surface area contributed by atoms with Gasteiger partial charge in [-0.15, -0.1) is 0 Å². The lowest BCUT2D eigenvalue weighted by atomic mass is 9.91. The van der Waals surface area contributed by atoms with Crippen molar-refractivity contribution in [3.05, 3.63) is 177 Å². The van der Waals surface area contributed by atoms with Gasteiger partial charge < -0.3 is 96.0 Å². The van der Waals surface area contributed by atoms with E-state index in [0.29, 0.717) is 184 Å². The number of nitrogens with one attached hydrogen (secondary N) is 5. The van der Waals surface area contributed by atoms with Crippen molar-refractivity contribution < 1.29 is 97.8 Å². The van der Waals surface area contributed by atoms with Crippen molar-refractivity contribution in [2.45, 2.75) is 47.3 Å². The summed E-state index contributed by atoms with van der Waals surface area (Å²) in [5.74, 6) is 2.42. The fourth-order valence-corrected chi connectivity index (χ4v) is 10.8. The molecule has 0 saturated carbocycles. The average Bonchev–Trinajstić information content (AvgIpc) is 1.64. The van der Waals surface area contributed by atoms with Crippen LogP contribution in [-0.2, 0) is 23.7 Å². The number of amides is 5. The summed E-state index contributed by atoms with van der Waals surface area (Å²) in [7, 11) is 7.64. The molecule has 1 atom stereocenters. The maximum atomic E-state index is 13.9. The first kappa shape index (κ1) is 90.6. The van der Waals surface area contributed by atoms with Gasteiger partial charge in [-0.3, -0.25) is 24.0 Å². The molecule has 112 heavy (non-hydrogen) atoms. The first-order chi connectivity index (χ1) is 54.2. The molecule has 5 aromatic carbocycles. The number of nitrogens with zero attached hydrogens (tertiary/aromatic N) is 5. The molecule has 0 aliphatic rings. The predicted molar refractivity (Wildman–Crippen MR) is 416 cm³/mol. The van der Waals surface area contributed by atoms with E-state index in [0.717, 1.165) is 12.8 Å². The molecule has 0 bridgehead atoms. The Hall–Kier alpha value is -10.3. The Morgan fingerprint density at radius 2 is 0.616 bits per heavy atom. The van der Waals surface area contributed by atoms with E-state index < -0.39 is 12.2 Å². The van der Waals surface area contributed by atoms with Crippen LogP contribution in [-0.4, -0.2) is 189 Å². The van der Waals surface area contributed by atoms with Crippen molar-refractivity contribution in [3.8, 4) is 85.4 Å². The van der Waals surface area contributed by atoms with Crippen LogP contribution < -0.4 is 50.3 Å². The molecular formula is C76H86Cl5FN10O20. The summed E-state index contributed by atoms with van der Waals surface area (Å²) in [6.45, 7) is 15.4. The molecule has 5 amide bonds. The number of carbonyl (C=O) groups excluding carboxylic acids is 5. The van der Waals surface area contributed by atoms with Crippen LogP contribution in [0.2, 0.25) is 25.1 Å². The molecule has 602 valence electrons. The summed E-state index contributed by atoms with van der Waals surface area (Å²) in [4.78, 5) is 80.1. The third-order valence-corrected chi connectivity index (χ3v) is 16.3. The number of oxazole rings is 5. The maximum absolute atomic E-state index is 13.9. The topological polar surface area (TPSA) is 368 Å². The molecule has 30 nitrogen and oxygen atoms in total. The normalized spacial score (nSPS) is 10.8. The molecular weight excluding hydrogens is 1560 g/mol. The monoisotopic (exact) mass is 1650 g/mol. The molecule has 0 saturated heterocycles. The number of carbonyl (C=O) groups is 5. The highest BCUT2D eigenvalue weighted by Gasteiger charge is 2.25. The molecule has 5 heterocycles. The number of hydrogen-bond donors (Lipinski definition) is 5. The van der Waals surface area contributed by atoms with E-state index in [-0.39, 0.29) is 71.1 Å². The zero-order chi connectivity index (χ0) is 81.3. The first-order valence-corrected chi connectivity index (χ1v) is 36.5. The van der Waals surface area contributed by atoms with Crippen molar-refractivity contribution in [1.29, 1.82) is 0 Å². The van der Waals surface area contributed by atoms with Crippen LogP contribution >= 0.6 is 58.0 Å². The lowest BCUT2D eigenvalue weighted by molar-refractivity contribution is 0.0222. The number of aromatic nitrogens is 5. The van der Waals surface area contributed by atoms with Gasteiger partial charge in [-0.1, -0.05) is 64.9 Å². The van der Waals surface area contributed by atoms with E-state index in [1.54, 1.807) is 98.1 Å². The number of methoxy groups -OCH3 is 5. The summed E-state index contributed by atoms with van der Waals surface area (Å²) in [5.41, 5.74) is 3.99. The minimum absolute atomic E-state index is 0.0526. The number of rotatable bonds is 36. The van der Waals surface area contributed by atoms with E-state index in [4.69, 9.17) is 127 Å². The van der Waals surface area contributed by atoms with Gasteiger partial charge in [-0.2, -0.15) is 0 Å². The van der Waals surface area contributed by atoms with Crippen molar-refractivity contribution in [3.63, 3.8) is 0 Å². The van der Waals surface area contributed by atoms with E-state index >= 15 is 0 Å². The summed E-state index contributed by atoms with van der Waals surface area (Å²) < 4.78 is 91.7. The van der Waals surface area contributed by atoms with Gasteiger partial charge in [0.25, 0.3) is 29.5 Å². The first-order valence-electron chi connectivity index (χ1n) is 34.6. The molecule has 10 aromatic rings. The predicted octanol–water partition coefficient (Wildman–Crippen LogP) is 14.5. The van der Waals surface area contributed by atoms with Crippen LogP contribution in [0.15, 0.2) is 145 Å². The maximum Gasteiger partial charge on any atom is 0.276 e. The van der Waals surface area contributed by atoms with E-state index in [1.165, 1.54) is 54.0 Å². The largest absolute Gasteiger partial charge is 0.495 e. The lowest BCUT2D eigenvalue weighted by Gasteiger charge is -2.11. The second-order valence-electron chi connectivity index (χ2n) is 22.2. The van der Waals surface area contributed by atoms with Crippen molar-refractivity contribution in [2.24, 2.45) is 0 Å². The minimum atomic E-state index is -1.69. The third-order valence-electron chi connectivity index (χ3n) is 14.8. The fraction of sp³-hybridized carbons (Fsp3) is 0.342. The summed E-state index contributed by atoms with van der Waals surface area (Å²) in [6, 6.07) is 25.4. The van der Waals surface area contributed by atoms with E-state index in [2.05, 4.69) is 51.5 Å². The van der Waals surface area contributed by atoms with E-state index in [9.17, 15) is 28.4 Å². The van der Waals surface area contributed by atoms with Gasteiger partial charge >= 0.3 is 0 Å². The molecule has 0 aliphatic carbocycles. The highest BCUT2D eigenvalue weighted by Crippen LogP contribution is 2.37. The Morgan fingerprint density at radius 1 is 0.357 bits per heavy atom. The number of ether oxygens (including phenoxy) is 10. The van der Waals surface area contributed by atoms with Crippen molar-refractivity contribution in [2.75, 3.05) is 128 Å². The molecule has 5 N–H and O–H groups in total. The molecule has 1 unspecified atom stereocenters. The number of halogens is 6. The highest BCUT2D eigenvalue weighted by molar-refractivity contribution is 6.34. The van der Waals surface area contributed by atoms with Gasteiger partial charge in [0.1, 0.15) is 28.7 Å². The summed E-state index contributed by atoms with van der Waals surface area (Å²) >= 11 is 30.4. The Balaban J connectivity index is 0.000000219. The van der Waals surface area contributed by atoms with Crippen LogP contribution in [0.3, 0.4) is 0 Å².